The number of carbonyl (C=O) groups excluding carboxylic acids is 1. The highest BCUT2D eigenvalue weighted by molar-refractivity contribution is 6.07. The second-order valence-electron chi connectivity index (χ2n) is 6.90. The maximum absolute atomic E-state index is 12.5. The number of anilines is 1. The number of rotatable bonds is 3. The predicted octanol–water partition coefficient (Wildman–Crippen LogP) is 4.30. The Morgan fingerprint density at radius 1 is 1.21 bits per heavy atom. The summed E-state index contributed by atoms with van der Waals surface area (Å²) < 4.78 is 0. The van der Waals surface area contributed by atoms with Crippen LogP contribution in [0.3, 0.4) is 0 Å². The van der Waals surface area contributed by atoms with E-state index in [4.69, 9.17) is 0 Å². The average Bonchev–Trinajstić information content (AvgIpc) is 2.58. The summed E-state index contributed by atoms with van der Waals surface area (Å²) in [6.45, 7) is 8.33. The van der Waals surface area contributed by atoms with Crippen LogP contribution in [0.5, 0.6) is 0 Å². The first-order valence-electron chi connectivity index (χ1n) is 8.74. The molecule has 0 saturated carbocycles. The van der Waals surface area contributed by atoms with Crippen molar-refractivity contribution in [3.63, 3.8) is 0 Å². The van der Waals surface area contributed by atoms with Gasteiger partial charge in [0.25, 0.3) is 5.91 Å². The van der Waals surface area contributed by atoms with Crippen LogP contribution in [0.4, 0.5) is 5.69 Å². The molecule has 126 valence electrons. The summed E-state index contributed by atoms with van der Waals surface area (Å²) in [5, 5.41) is 6.45. The summed E-state index contributed by atoms with van der Waals surface area (Å²) in [5.41, 5.74) is 6.77. The Kier molecular flexibility index (Phi) is 5.00. The number of allylic oxidation sites excluding steroid dienone is 2. The van der Waals surface area contributed by atoms with Gasteiger partial charge in [0.15, 0.2) is 0 Å². The number of hydrogen-bond acceptors (Lipinski definition) is 2. The summed E-state index contributed by atoms with van der Waals surface area (Å²) in [7, 11) is 0. The average molecular weight is 322 g/mol. The van der Waals surface area contributed by atoms with Crippen molar-refractivity contribution in [1.82, 2.24) is 5.32 Å². The van der Waals surface area contributed by atoms with Crippen LogP contribution in [0.1, 0.15) is 39.2 Å². The quantitative estimate of drug-likeness (QED) is 0.871. The zero-order chi connectivity index (χ0) is 17.1. The molecule has 0 bridgehead atoms. The minimum Gasteiger partial charge on any atom is -0.322 e. The largest absolute Gasteiger partial charge is 0.322 e. The van der Waals surface area contributed by atoms with E-state index in [2.05, 4.69) is 48.8 Å². The lowest BCUT2D eigenvalue weighted by Gasteiger charge is -2.20. The van der Waals surface area contributed by atoms with E-state index in [1.54, 1.807) is 0 Å². The molecule has 2 N–H and O–H groups in total. The van der Waals surface area contributed by atoms with E-state index < -0.39 is 0 Å². The Morgan fingerprint density at radius 2 is 1.96 bits per heavy atom. The van der Waals surface area contributed by atoms with Gasteiger partial charge in [-0.15, -0.1) is 0 Å². The molecule has 1 atom stereocenters. The minimum absolute atomic E-state index is 0.0159. The Bertz CT molecular complexity index is 723. The molecule has 3 nitrogen and oxygen atoms in total. The summed E-state index contributed by atoms with van der Waals surface area (Å²) in [6, 6.07) is 8.19. The zero-order valence-electron chi connectivity index (χ0n) is 14.8. The Balaban J connectivity index is 1.73. The number of carbonyl (C=O) groups is 1. The molecule has 1 aromatic carbocycles. The van der Waals surface area contributed by atoms with Crippen molar-refractivity contribution < 1.29 is 4.79 Å². The van der Waals surface area contributed by atoms with E-state index >= 15 is 0 Å². The summed E-state index contributed by atoms with van der Waals surface area (Å²) in [6.07, 6.45) is 6.33. The number of hydrogen-bond donors (Lipinski definition) is 2. The smallest absolute Gasteiger partial charge is 0.255 e. The standard InChI is InChI=1S/C21H26N2O/c1-14-4-5-15(2)19(12-14)21(24)23-18-8-6-17(7-9-18)20-13-22-11-10-16(20)3/h5-9,12,14,22H,4,10-11,13H2,1-3H3,(H,23,24). The van der Waals surface area contributed by atoms with Crippen molar-refractivity contribution >= 4 is 17.2 Å². The molecule has 24 heavy (non-hydrogen) atoms. The third-order valence-corrected chi connectivity index (χ3v) is 4.90. The minimum atomic E-state index is -0.0159. The Morgan fingerprint density at radius 3 is 2.67 bits per heavy atom. The van der Waals surface area contributed by atoms with Crippen LogP contribution in [0.25, 0.3) is 5.57 Å². The molecule has 2 aliphatic rings. The third-order valence-electron chi connectivity index (χ3n) is 4.90. The maximum atomic E-state index is 12.5. The second kappa shape index (κ2) is 7.18. The number of benzene rings is 1. The van der Waals surface area contributed by atoms with Crippen LogP contribution in [-0.4, -0.2) is 19.0 Å². The lowest BCUT2D eigenvalue weighted by molar-refractivity contribution is -0.112. The normalized spacial score (nSPS) is 21.2. The van der Waals surface area contributed by atoms with Crippen molar-refractivity contribution in [3.8, 4) is 0 Å². The van der Waals surface area contributed by atoms with Gasteiger partial charge in [-0.1, -0.05) is 36.8 Å². The van der Waals surface area contributed by atoms with E-state index in [0.717, 1.165) is 42.8 Å². The van der Waals surface area contributed by atoms with Gasteiger partial charge >= 0.3 is 0 Å². The molecule has 0 saturated heterocycles. The van der Waals surface area contributed by atoms with Gasteiger partial charge in [0.1, 0.15) is 0 Å². The third kappa shape index (κ3) is 3.68. The molecule has 3 heteroatoms. The molecule has 1 aliphatic carbocycles. The summed E-state index contributed by atoms with van der Waals surface area (Å²) in [4.78, 5) is 12.5. The molecular formula is C21H26N2O. The molecular weight excluding hydrogens is 296 g/mol. The van der Waals surface area contributed by atoms with Crippen LogP contribution in [-0.2, 0) is 4.79 Å². The summed E-state index contributed by atoms with van der Waals surface area (Å²) in [5.74, 6) is 0.406. The molecule has 1 aromatic rings. The highest BCUT2D eigenvalue weighted by atomic mass is 16.1. The molecule has 1 unspecified atom stereocenters. The van der Waals surface area contributed by atoms with E-state index in [1.165, 1.54) is 16.7 Å². The van der Waals surface area contributed by atoms with Crippen LogP contribution in [0.2, 0.25) is 0 Å². The van der Waals surface area contributed by atoms with Gasteiger partial charge in [-0.05, 0) is 68.0 Å². The number of nitrogens with one attached hydrogen (secondary N) is 2. The molecule has 0 radical (unpaired) electrons. The van der Waals surface area contributed by atoms with Crippen molar-refractivity contribution in [2.24, 2.45) is 5.92 Å². The SMILES string of the molecule is CC1=CCC(C)C=C1C(=O)Nc1ccc(C2=C(C)CCNC2)cc1. The van der Waals surface area contributed by atoms with Gasteiger partial charge in [0, 0.05) is 17.8 Å². The zero-order valence-corrected chi connectivity index (χ0v) is 14.8. The molecule has 1 heterocycles. The van der Waals surface area contributed by atoms with Crippen molar-refractivity contribution in [3.05, 3.63) is 58.7 Å². The Hall–Kier alpha value is -2.13. The number of amides is 1. The Labute approximate surface area is 144 Å². The van der Waals surface area contributed by atoms with Crippen LogP contribution in [0, 0.1) is 5.92 Å². The van der Waals surface area contributed by atoms with Crippen molar-refractivity contribution in [2.45, 2.75) is 33.6 Å². The monoisotopic (exact) mass is 322 g/mol. The molecule has 1 amide bonds. The molecule has 0 fully saturated rings. The van der Waals surface area contributed by atoms with E-state index in [0.29, 0.717) is 5.92 Å². The molecule has 0 spiro atoms. The van der Waals surface area contributed by atoms with Gasteiger partial charge in [0.2, 0.25) is 0 Å². The van der Waals surface area contributed by atoms with Gasteiger partial charge in [-0.25, -0.2) is 0 Å². The maximum Gasteiger partial charge on any atom is 0.255 e. The lowest BCUT2D eigenvalue weighted by atomic mass is 9.92. The highest BCUT2D eigenvalue weighted by Crippen LogP contribution is 2.26. The van der Waals surface area contributed by atoms with Gasteiger partial charge in [-0.3, -0.25) is 4.79 Å². The fraction of sp³-hybridized carbons (Fsp3) is 0.381. The second-order valence-corrected chi connectivity index (χ2v) is 6.90. The fourth-order valence-electron chi connectivity index (χ4n) is 3.30. The first-order chi connectivity index (χ1) is 11.5. The van der Waals surface area contributed by atoms with Crippen LogP contribution < -0.4 is 10.6 Å². The van der Waals surface area contributed by atoms with Gasteiger partial charge < -0.3 is 10.6 Å². The van der Waals surface area contributed by atoms with Crippen LogP contribution in [0.15, 0.2) is 53.1 Å². The predicted molar refractivity (Wildman–Crippen MR) is 101 cm³/mol. The fourth-order valence-corrected chi connectivity index (χ4v) is 3.30. The van der Waals surface area contributed by atoms with Crippen LogP contribution >= 0.6 is 0 Å². The lowest BCUT2D eigenvalue weighted by Crippen LogP contribution is -2.23. The van der Waals surface area contributed by atoms with E-state index in [9.17, 15) is 4.79 Å². The molecule has 3 rings (SSSR count). The van der Waals surface area contributed by atoms with Crippen molar-refractivity contribution in [2.75, 3.05) is 18.4 Å². The topological polar surface area (TPSA) is 41.1 Å². The molecule has 0 aromatic heterocycles. The first kappa shape index (κ1) is 16.7. The van der Waals surface area contributed by atoms with Gasteiger partial charge in [-0.2, -0.15) is 0 Å². The van der Waals surface area contributed by atoms with E-state index in [1.807, 2.05) is 19.1 Å². The van der Waals surface area contributed by atoms with Gasteiger partial charge in [0.05, 0.1) is 0 Å². The summed E-state index contributed by atoms with van der Waals surface area (Å²) >= 11 is 0. The first-order valence-corrected chi connectivity index (χ1v) is 8.74. The van der Waals surface area contributed by atoms with E-state index in [-0.39, 0.29) is 5.91 Å². The van der Waals surface area contributed by atoms with Crippen molar-refractivity contribution in [1.29, 1.82) is 0 Å². The molecule has 1 aliphatic heterocycles. The highest BCUT2D eigenvalue weighted by Gasteiger charge is 2.17.